The topological polar surface area (TPSA) is 24.5 Å². The van der Waals surface area contributed by atoms with E-state index in [0.29, 0.717) is 0 Å². The molecule has 1 aromatic carbocycles. The fraction of sp³-hybridized carbons (Fsp3) is 0.625. The summed E-state index contributed by atoms with van der Waals surface area (Å²) in [6.07, 6.45) is 5.37. The van der Waals surface area contributed by atoms with Crippen molar-refractivity contribution in [1.82, 2.24) is 10.2 Å². The van der Waals surface area contributed by atoms with Gasteiger partial charge in [0.1, 0.15) is 12.4 Å². The lowest BCUT2D eigenvalue weighted by Gasteiger charge is -2.32. The molecule has 1 unspecified atom stereocenters. The molecule has 106 valence electrons. The molecule has 1 N–H and O–H groups in total. The van der Waals surface area contributed by atoms with Crippen molar-refractivity contribution in [2.24, 2.45) is 0 Å². The highest BCUT2D eigenvalue weighted by Crippen LogP contribution is 2.16. The quantitative estimate of drug-likeness (QED) is 0.764. The number of likely N-dealkylation sites (tertiary alicyclic amines) is 1. The van der Waals surface area contributed by atoms with Crippen LogP contribution in [-0.4, -0.2) is 44.2 Å². The number of nitrogens with zero attached hydrogens (tertiary/aromatic N) is 1. The zero-order chi connectivity index (χ0) is 13.3. The van der Waals surface area contributed by atoms with E-state index in [9.17, 15) is 0 Å². The van der Waals surface area contributed by atoms with Crippen LogP contribution in [0.4, 0.5) is 0 Å². The summed E-state index contributed by atoms with van der Waals surface area (Å²) in [5, 5.41) is 3.47. The maximum absolute atomic E-state index is 5.65. The minimum absolute atomic E-state index is 0.741. The Labute approximate surface area is 116 Å². The van der Waals surface area contributed by atoms with Crippen LogP contribution < -0.4 is 10.1 Å². The highest BCUT2D eigenvalue weighted by atomic mass is 16.5. The molecule has 0 aliphatic carbocycles. The Hall–Kier alpha value is -1.06. The van der Waals surface area contributed by atoms with Gasteiger partial charge in [0.05, 0.1) is 0 Å². The van der Waals surface area contributed by atoms with E-state index < -0.39 is 0 Å². The monoisotopic (exact) mass is 262 g/mol. The standard InChI is InChI=1S/C16H26N2O/c1-18-13-6-5-7-15(18)10-11-17-12-14-19-16-8-3-2-4-9-16/h2-4,8-9,15,17H,5-7,10-14H2,1H3. The van der Waals surface area contributed by atoms with Gasteiger partial charge >= 0.3 is 0 Å². The molecule has 0 bridgehead atoms. The van der Waals surface area contributed by atoms with Crippen LogP contribution in [0, 0.1) is 0 Å². The Morgan fingerprint density at radius 2 is 2.05 bits per heavy atom. The third-order valence-corrected chi connectivity index (χ3v) is 3.87. The van der Waals surface area contributed by atoms with Crippen LogP contribution in [0.25, 0.3) is 0 Å². The van der Waals surface area contributed by atoms with E-state index in [1.165, 1.54) is 32.2 Å². The van der Waals surface area contributed by atoms with E-state index >= 15 is 0 Å². The van der Waals surface area contributed by atoms with Gasteiger partial charge in [-0.15, -0.1) is 0 Å². The van der Waals surface area contributed by atoms with Gasteiger partial charge in [0.15, 0.2) is 0 Å². The van der Waals surface area contributed by atoms with Crippen LogP contribution >= 0.6 is 0 Å². The van der Waals surface area contributed by atoms with E-state index in [1.54, 1.807) is 0 Å². The molecule has 1 fully saturated rings. The Balaban J connectivity index is 1.50. The van der Waals surface area contributed by atoms with E-state index in [0.717, 1.165) is 31.5 Å². The molecule has 0 radical (unpaired) electrons. The van der Waals surface area contributed by atoms with Crippen molar-refractivity contribution in [3.63, 3.8) is 0 Å². The third kappa shape index (κ3) is 5.21. The molecule has 1 aliphatic heterocycles. The predicted octanol–water partition coefficient (Wildman–Crippen LogP) is 2.53. The molecule has 0 spiro atoms. The minimum atomic E-state index is 0.741. The average Bonchev–Trinajstić information content (AvgIpc) is 2.45. The molecule has 0 saturated carbocycles. The third-order valence-electron chi connectivity index (χ3n) is 3.87. The van der Waals surface area contributed by atoms with E-state index in [1.807, 2.05) is 30.3 Å². The van der Waals surface area contributed by atoms with Crippen molar-refractivity contribution >= 4 is 0 Å². The molecule has 1 aromatic rings. The largest absolute Gasteiger partial charge is 0.492 e. The van der Waals surface area contributed by atoms with E-state index in [2.05, 4.69) is 17.3 Å². The number of piperidine rings is 1. The van der Waals surface area contributed by atoms with Gasteiger partial charge in [0.25, 0.3) is 0 Å². The van der Waals surface area contributed by atoms with Gasteiger partial charge in [-0.05, 0) is 51.5 Å². The first-order chi connectivity index (χ1) is 9.36. The van der Waals surface area contributed by atoms with Crippen LogP contribution in [0.3, 0.4) is 0 Å². The fourth-order valence-electron chi connectivity index (χ4n) is 2.66. The van der Waals surface area contributed by atoms with Crippen molar-refractivity contribution in [1.29, 1.82) is 0 Å². The Morgan fingerprint density at radius 1 is 1.21 bits per heavy atom. The summed E-state index contributed by atoms with van der Waals surface area (Å²) in [6.45, 7) is 4.02. The molecular weight excluding hydrogens is 236 g/mol. The summed E-state index contributed by atoms with van der Waals surface area (Å²) in [7, 11) is 2.25. The molecule has 1 saturated heterocycles. The molecule has 0 aromatic heterocycles. The van der Waals surface area contributed by atoms with Gasteiger partial charge in [0.2, 0.25) is 0 Å². The van der Waals surface area contributed by atoms with Gasteiger partial charge in [-0.1, -0.05) is 24.6 Å². The molecule has 1 atom stereocenters. The molecular formula is C16H26N2O. The van der Waals surface area contributed by atoms with Gasteiger partial charge < -0.3 is 15.0 Å². The van der Waals surface area contributed by atoms with Gasteiger partial charge in [-0.3, -0.25) is 0 Å². The van der Waals surface area contributed by atoms with E-state index in [-0.39, 0.29) is 0 Å². The molecule has 1 heterocycles. The summed E-state index contributed by atoms with van der Waals surface area (Å²) in [5.74, 6) is 0.955. The van der Waals surface area contributed by atoms with Gasteiger partial charge in [0, 0.05) is 12.6 Å². The van der Waals surface area contributed by atoms with Gasteiger partial charge in [-0.25, -0.2) is 0 Å². The minimum Gasteiger partial charge on any atom is -0.492 e. The number of nitrogens with one attached hydrogen (secondary N) is 1. The number of hydrogen-bond donors (Lipinski definition) is 1. The molecule has 0 amide bonds. The van der Waals surface area contributed by atoms with Crippen LogP contribution in [0.15, 0.2) is 30.3 Å². The summed E-state index contributed by atoms with van der Waals surface area (Å²) in [5.41, 5.74) is 0. The molecule has 3 heteroatoms. The summed E-state index contributed by atoms with van der Waals surface area (Å²) in [6, 6.07) is 10.8. The smallest absolute Gasteiger partial charge is 0.119 e. The molecule has 2 rings (SSSR count). The number of benzene rings is 1. The lowest BCUT2D eigenvalue weighted by atomic mass is 10.0. The molecule has 3 nitrogen and oxygen atoms in total. The summed E-state index contributed by atoms with van der Waals surface area (Å²) >= 11 is 0. The average molecular weight is 262 g/mol. The fourth-order valence-corrected chi connectivity index (χ4v) is 2.66. The maximum Gasteiger partial charge on any atom is 0.119 e. The number of ether oxygens (including phenoxy) is 1. The van der Waals surface area contributed by atoms with Crippen molar-refractivity contribution in [3.8, 4) is 5.75 Å². The molecule has 19 heavy (non-hydrogen) atoms. The Kier molecular flexibility index (Phi) is 6.18. The summed E-state index contributed by atoms with van der Waals surface area (Å²) < 4.78 is 5.65. The van der Waals surface area contributed by atoms with Crippen LogP contribution in [0.2, 0.25) is 0 Å². The zero-order valence-electron chi connectivity index (χ0n) is 12.0. The Bertz CT molecular complexity index is 342. The van der Waals surface area contributed by atoms with Crippen LogP contribution in [0.5, 0.6) is 5.75 Å². The van der Waals surface area contributed by atoms with Crippen molar-refractivity contribution in [3.05, 3.63) is 30.3 Å². The van der Waals surface area contributed by atoms with Crippen LogP contribution in [-0.2, 0) is 0 Å². The molecule has 1 aliphatic rings. The predicted molar refractivity (Wildman–Crippen MR) is 79.7 cm³/mol. The van der Waals surface area contributed by atoms with Gasteiger partial charge in [-0.2, -0.15) is 0 Å². The van der Waals surface area contributed by atoms with Crippen molar-refractivity contribution < 1.29 is 4.74 Å². The van der Waals surface area contributed by atoms with E-state index in [4.69, 9.17) is 4.74 Å². The van der Waals surface area contributed by atoms with Crippen LogP contribution in [0.1, 0.15) is 25.7 Å². The summed E-state index contributed by atoms with van der Waals surface area (Å²) in [4.78, 5) is 2.51. The maximum atomic E-state index is 5.65. The number of hydrogen-bond acceptors (Lipinski definition) is 3. The second-order valence-electron chi connectivity index (χ2n) is 5.33. The zero-order valence-corrected chi connectivity index (χ0v) is 12.0. The first-order valence-corrected chi connectivity index (χ1v) is 7.45. The number of rotatable bonds is 7. The number of para-hydroxylation sites is 1. The second-order valence-corrected chi connectivity index (χ2v) is 5.33. The van der Waals surface area contributed by atoms with Crippen molar-refractivity contribution in [2.45, 2.75) is 31.7 Å². The first-order valence-electron chi connectivity index (χ1n) is 7.45. The SMILES string of the molecule is CN1CCCCC1CCNCCOc1ccccc1. The lowest BCUT2D eigenvalue weighted by molar-refractivity contribution is 0.175. The second kappa shape index (κ2) is 8.18. The highest BCUT2D eigenvalue weighted by molar-refractivity contribution is 5.20. The van der Waals surface area contributed by atoms with Crippen molar-refractivity contribution in [2.75, 3.05) is 33.3 Å². The first kappa shape index (κ1) is 14.4. The Morgan fingerprint density at radius 3 is 2.84 bits per heavy atom. The normalized spacial score (nSPS) is 20.4. The highest BCUT2D eigenvalue weighted by Gasteiger charge is 2.17. The lowest BCUT2D eigenvalue weighted by Crippen LogP contribution is -2.38.